The lowest BCUT2D eigenvalue weighted by Gasteiger charge is -2.08. The summed E-state index contributed by atoms with van der Waals surface area (Å²) in [6, 6.07) is 4.95. The Hall–Kier alpha value is -0.750. The average molecular weight is 309 g/mol. The van der Waals surface area contributed by atoms with Crippen molar-refractivity contribution < 1.29 is 17.6 Å². The third-order valence-electron chi connectivity index (χ3n) is 2.03. The van der Waals surface area contributed by atoms with Crippen molar-refractivity contribution in [2.45, 2.75) is 11.1 Å². The Balaban J connectivity index is 3.04. The number of hydrogen-bond acceptors (Lipinski definition) is 3. The van der Waals surface area contributed by atoms with E-state index in [0.717, 1.165) is 6.07 Å². The van der Waals surface area contributed by atoms with E-state index in [9.17, 15) is 17.6 Å². The molecule has 6 heteroatoms. The fourth-order valence-electron chi connectivity index (χ4n) is 1.08. The minimum absolute atomic E-state index is 0.0406. The van der Waals surface area contributed by atoms with Gasteiger partial charge in [0.1, 0.15) is 5.82 Å². The SMILES string of the molecule is CCS(=O)(=O)[C@H](Br)C(=O)c1cccc(F)c1. The Morgan fingerprint density at radius 1 is 1.50 bits per heavy atom. The molecule has 0 N–H and O–H groups in total. The van der Waals surface area contributed by atoms with Crippen LogP contribution in [0.5, 0.6) is 0 Å². The highest BCUT2D eigenvalue weighted by Gasteiger charge is 2.29. The summed E-state index contributed by atoms with van der Waals surface area (Å²) in [5.74, 6) is -1.37. The van der Waals surface area contributed by atoms with Crippen LogP contribution in [0.4, 0.5) is 4.39 Å². The van der Waals surface area contributed by atoms with Crippen LogP contribution in [0.25, 0.3) is 0 Å². The van der Waals surface area contributed by atoms with E-state index in [4.69, 9.17) is 0 Å². The van der Waals surface area contributed by atoms with Gasteiger partial charge in [-0.2, -0.15) is 0 Å². The molecule has 0 bridgehead atoms. The number of hydrogen-bond donors (Lipinski definition) is 0. The molecule has 0 fully saturated rings. The minimum atomic E-state index is -3.51. The first-order valence-electron chi connectivity index (χ1n) is 4.54. The zero-order chi connectivity index (χ0) is 12.3. The van der Waals surface area contributed by atoms with Gasteiger partial charge in [0.15, 0.2) is 19.8 Å². The monoisotopic (exact) mass is 308 g/mol. The largest absolute Gasteiger partial charge is 0.292 e. The Bertz CT molecular complexity index is 499. The number of carbonyl (C=O) groups is 1. The van der Waals surface area contributed by atoms with Gasteiger partial charge in [0.25, 0.3) is 0 Å². The van der Waals surface area contributed by atoms with Gasteiger partial charge in [0.05, 0.1) is 0 Å². The average Bonchev–Trinajstić information content (AvgIpc) is 2.27. The highest BCUT2D eigenvalue weighted by atomic mass is 79.9. The van der Waals surface area contributed by atoms with Crippen molar-refractivity contribution in [3.63, 3.8) is 0 Å². The van der Waals surface area contributed by atoms with E-state index in [0.29, 0.717) is 0 Å². The molecule has 1 aromatic carbocycles. The molecule has 88 valence electrons. The van der Waals surface area contributed by atoms with Crippen LogP contribution in [0.2, 0.25) is 0 Å². The Morgan fingerprint density at radius 2 is 2.12 bits per heavy atom. The second-order valence-electron chi connectivity index (χ2n) is 3.14. The number of alkyl halides is 1. The van der Waals surface area contributed by atoms with Gasteiger partial charge in [-0.05, 0) is 12.1 Å². The molecule has 0 heterocycles. The molecule has 0 aromatic heterocycles. The van der Waals surface area contributed by atoms with Crippen LogP contribution in [0.15, 0.2) is 24.3 Å². The lowest BCUT2D eigenvalue weighted by molar-refractivity contribution is 0.101. The van der Waals surface area contributed by atoms with Gasteiger partial charge in [-0.1, -0.05) is 35.0 Å². The smallest absolute Gasteiger partial charge is 0.191 e. The van der Waals surface area contributed by atoms with Gasteiger partial charge in [-0.25, -0.2) is 12.8 Å². The zero-order valence-corrected chi connectivity index (χ0v) is 10.9. The van der Waals surface area contributed by atoms with Crippen molar-refractivity contribution in [1.82, 2.24) is 0 Å². The Morgan fingerprint density at radius 3 is 2.62 bits per heavy atom. The Labute approximate surface area is 102 Å². The van der Waals surface area contributed by atoms with Crippen LogP contribution in [0.3, 0.4) is 0 Å². The predicted octanol–water partition coefficient (Wildman–Crippen LogP) is 2.16. The number of benzene rings is 1. The molecule has 0 saturated heterocycles. The van der Waals surface area contributed by atoms with Crippen molar-refractivity contribution in [2.75, 3.05) is 5.75 Å². The fraction of sp³-hybridized carbons (Fsp3) is 0.300. The second-order valence-corrected chi connectivity index (χ2v) is 7.04. The molecule has 0 saturated carbocycles. The summed E-state index contributed by atoms with van der Waals surface area (Å²) in [6.07, 6.45) is 0. The van der Waals surface area contributed by atoms with Gasteiger partial charge < -0.3 is 0 Å². The molecule has 0 spiro atoms. The normalized spacial score (nSPS) is 13.4. The molecule has 3 nitrogen and oxygen atoms in total. The summed E-state index contributed by atoms with van der Waals surface area (Å²) in [5.41, 5.74) is 0.0406. The molecule has 0 aliphatic rings. The number of halogens is 2. The molecule has 1 rings (SSSR count). The van der Waals surface area contributed by atoms with E-state index in [2.05, 4.69) is 15.9 Å². The van der Waals surface area contributed by atoms with E-state index >= 15 is 0 Å². The quantitative estimate of drug-likeness (QED) is 0.632. The first-order valence-corrected chi connectivity index (χ1v) is 7.17. The summed E-state index contributed by atoms with van der Waals surface area (Å²) < 4.78 is 34.4. The number of rotatable bonds is 4. The Kier molecular flexibility index (Phi) is 4.21. The molecular formula is C10H10BrFO3S. The lowest BCUT2D eigenvalue weighted by Crippen LogP contribution is -2.26. The third-order valence-corrected chi connectivity index (χ3v) is 5.81. The molecule has 0 unspecified atom stereocenters. The second kappa shape index (κ2) is 5.05. The van der Waals surface area contributed by atoms with E-state index in [-0.39, 0.29) is 11.3 Å². The summed E-state index contributed by atoms with van der Waals surface area (Å²) in [5, 5.41) is 0. The lowest BCUT2D eigenvalue weighted by atomic mass is 10.1. The van der Waals surface area contributed by atoms with Crippen molar-refractivity contribution in [2.24, 2.45) is 0 Å². The van der Waals surface area contributed by atoms with E-state index in [1.807, 2.05) is 0 Å². The number of sulfone groups is 1. The zero-order valence-electron chi connectivity index (χ0n) is 8.48. The molecule has 0 amide bonds. The van der Waals surface area contributed by atoms with Crippen LogP contribution >= 0.6 is 15.9 Å². The molecule has 0 aliphatic carbocycles. The molecule has 0 aliphatic heterocycles. The van der Waals surface area contributed by atoms with Crippen molar-refractivity contribution in [1.29, 1.82) is 0 Å². The van der Waals surface area contributed by atoms with Crippen LogP contribution in [-0.2, 0) is 9.84 Å². The highest BCUT2D eigenvalue weighted by molar-refractivity contribution is 9.11. The maximum absolute atomic E-state index is 12.9. The highest BCUT2D eigenvalue weighted by Crippen LogP contribution is 2.17. The van der Waals surface area contributed by atoms with Crippen LogP contribution in [0, 0.1) is 5.82 Å². The van der Waals surface area contributed by atoms with Crippen molar-refractivity contribution in [3.05, 3.63) is 35.6 Å². The van der Waals surface area contributed by atoms with Gasteiger partial charge in [0.2, 0.25) is 0 Å². The number of Topliss-reactive ketones (excluding diaryl/α,β-unsaturated/α-hetero) is 1. The van der Waals surface area contributed by atoms with E-state index in [1.165, 1.54) is 25.1 Å². The van der Waals surface area contributed by atoms with Crippen molar-refractivity contribution >= 4 is 31.6 Å². The molecule has 1 aromatic rings. The number of carbonyl (C=O) groups excluding carboxylic acids is 1. The van der Waals surface area contributed by atoms with Gasteiger partial charge in [0, 0.05) is 11.3 Å². The summed E-state index contributed by atoms with van der Waals surface area (Å²) in [7, 11) is -3.51. The van der Waals surface area contributed by atoms with E-state index in [1.54, 1.807) is 0 Å². The standard InChI is InChI=1S/C10H10BrFO3S/c1-2-16(14,15)10(11)9(13)7-4-3-5-8(12)6-7/h3-6,10H,2H2,1H3/t10-/m0/s1. The molecule has 16 heavy (non-hydrogen) atoms. The maximum Gasteiger partial charge on any atom is 0.191 e. The first kappa shape index (κ1) is 13.3. The topological polar surface area (TPSA) is 51.2 Å². The minimum Gasteiger partial charge on any atom is -0.292 e. The van der Waals surface area contributed by atoms with Crippen LogP contribution < -0.4 is 0 Å². The van der Waals surface area contributed by atoms with Crippen molar-refractivity contribution in [3.8, 4) is 0 Å². The fourth-order valence-corrected chi connectivity index (χ4v) is 2.89. The maximum atomic E-state index is 12.9. The van der Waals surface area contributed by atoms with Gasteiger partial charge in [-0.3, -0.25) is 4.79 Å². The summed E-state index contributed by atoms with van der Waals surface area (Å²) >= 11 is 2.83. The first-order chi connectivity index (χ1) is 7.38. The molecule has 1 atom stereocenters. The molecule has 0 radical (unpaired) electrons. The van der Waals surface area contributed by atoms with Gasteiger partial charge in [-0.15, -0.1) is 0 Å². The third kappa shape index (κ3) is 2.89. The summed E-state index contributed by atoms with van der Waals surface area (Å²) in [4.78, 5) is 11.7. The van der Waals surface area contributed by atoms with Crippen LogP contribution in [0.1, 0.15) is 17.3 Å². The molecular weight excluding hydrogens is 299 g/mol. The summed E-state index contributed by atoms with van der Waals surface area (Å²) in [6.45, 7) is 1.45. The van der Waals surface area contributed by atoms with Crippen LogP contribution in [-0.4, -0.2) is 24.1 Å². The van der Waals surface area contributed by atoms with E-state index < -0.39 is 25.6 Å². The predicted molar refractivity (Wildman–Crippen MR) is 62.9 cm³/mol. The van der Waals surface area contributed by atoms with Gasteiger partial charge >= 0.3 is 0 Å². The number of ketones is 1.